The predicted molar refractivity (Wildman–Crippen MR) is 150 cm³/mol. The van der Waals surface area contributed by atoms with Crippen molar-refractivity contribution in [2.24, 2.45) is 0 Å². The van der Waals surface area contributed by atoms with Crippen molar-refractivity contribution in [3.8, 4) is 17.2 Å². The van der Waals surface area contributed by atoms with Crippen molar-refractivity contribution in [1.29, 1.82) is 0 Å². The number of aliphatic hydroxyl groups is 3. The Hall–Kier alpha value is -3.39. The standard InChI is InChI=1S/C31H37NO11/c1-5-32(6-2)17-10-21(42-14(3)26(17)35)43-19-12-31(40,20(34)13-33)11-16-23(19)30(39)25-24(28(16)37)27(36)15-8-7-9-18(41-4)22(15)29(25)38/h7-9,14,17,19,21,26,33,35,37,39-40H,5-6,10-13H2,1-4H3/t14-,17-,19-,21-,26+,31-/m0/s1. The van der Waals surface area contributed by atoms with Crippen LogP contribution in [0.1, 0.15) is 82.7 Å². The summed E-state index contributed by atoms with van der Waals surface area (Å²) in [6, 6.07) is 4.06. The maximum atomic E-state index is 13.8. The zero-order valence-electron chi connectivity index (χ0n) is 24.5. The van der Waals surface area contributed by atoms with Gasteiger partial charge in [-0.1, -0.05) is 26.0 Å². The van der Waals surface area contributed by atoms with E-state index in [1.807, 2.05) is 13.8 Å². The van der Waals surface area contributed by atoms with Crippen LogP contribution < -0.4 is 4.74 Å². The third-order valence-electron chi connectivity index (χ3n) is 9.01. The molecule has 5 N–H and O–H groups in total. The van der Waals surface area contributed by atoms with Crippen molar-refractivity contribution < 1.29 is 54.1 Å². The lowest BCUT2D eigenvalue weighted by Gasteiger charge is -2.45. The Morgan fingerprint density at radius 2 is 1.77 bits per heavy atom. The highest BCUT2D eigenvalue weighted by atomic mass is 16.7. The molecule has 5 rings (SSSR count). The van der Waals surface area contributed by atoms with E-state index in [2.05, 4.69) is 4.90 Å². The molecular formula is C31H37NO11. The Kier molecular flexibility index (Phi) is 8.38. The SMILES string of the molecule is CCN(CC)[C@H]1C[C@H](O[C@H]2C[C@](O)(C(=O)CO)Cc3c(O)c4c(c(O)c32)C(=O)c2c(OC)cccc2C4=O)O[C@@H](C)[C@H]1O. The Labute approximate surface area is 248 Å². The number of hydrogen-bond acceptors (Lipinski definition) is 12. The molecule has 232 valence electrons. The number of phenolic OH excluding ortho intramolecular Hbond substituents is 2. The number of fused-ring (bicyclic) bond motifs is 3. The molecule has 0 saturated carbocycles. The lowest BCUT2D eigenvalue weighted by molar-refractivity contribution is -0.258. The maximum absolute atomic E-state index is 13.8. The third kappa shape index (κ3) is 4.91. The number of methoxy groups -OCH3 is 1. The average Bonchev–Trinajstić information content (AvgIpc) is 2.99. The van der Waals surface area contributed by atoms with Crippen LogP contribution in [0.15, 0.2) is 18.2 Å². The first-order valence-corrected chi connectivity index (χ1v) is 14.4. The third-order valence-corrected chi connectivity index (χ3v) is 9.01. The molecule has 1 heterocycles. The van der Waals surface area contributed by atoms with E-state index >= 15 is 0 Å². The minimum atomic E-state index is -2.23. The minimum absolute atomic E-state index is 0.0394. The van der Waals surface area contributed by atoms with Gasteiger partial charge in [-0.05, 0) is 26.1 Å². The summed E-state index contributed by atoms with van der Waals surface area (Å²) < 4.78 is 17.5. The Morgan fingerprint density at radius 1 is 1.09 bits per heavy atom. The number of Topliss-reactive ketones (excluding diaryl/α,β-unsaturated/α-hetero) is 1. The summed E-state index contributed by atoms with van der Waals surface area (Å²) in [5.74, 6) is -3.66. The number of aliphatic hydroxyl groups excluding tert-OH is 2. The number of benzene rings is 2. The molecule has 0 unspecified atom stereocenters. The largest absolute Gasteiger partial charge is 0.507 e. The molecule has 6 atom stereocenters. The molecule has 43 heavy (non-hydrogen) atoms. The fraction of sp³-hybridized carbons (Fsp3) is 0.516. The molecule has 2 aliphatic carbocycles. The molecule has 0 radical (unpaired) electrons. The van der Waals surface area contributed by atoms with Crippen LogP contribution in [0.2, 0.25) is 0 Å². The highest BCUT2D eigenvalue weighted by molar-refractivity contribution is 6.31. The summed E-state index contributed by atoms with van der Waals surface area (Å²) in [5, 5.41) is 55.0. The number of phenols is 2. The molecule has 12 nitrogen and oxygen atoms in total. The summed E-state index contributed by atoms with van der Waals surface area (Å²) >= 11 is 0. The summed E-state index contributed by atoms with van der Waals surface area (Å²) in [5.41, 5.74) is -3.48. The molecule has 2 aromatic rings. The topological polar surface area (TPSA) is 183 Å². The zero-order valence-corrected chi connectivity index (χ0v) is 24.5. The van der Waals surface area contributed by atoms with Crippen LogP contribution in [0.5, 0.6) is 17.2 Å². The smallest absolute Gasteiger partial charge is 0.202 e. The Balaban J connectivity index is 1.65. The van der Waals surface area contributed by atoms with Gasteiger partial charge in [0.25, 0.3) is 0 Å². The number of carbonyl (C=O) groups is 3. The monoisotopic (exact) mass is 599 g/mol. The van der Waals surface area contributed by atoms with Gasteiger partial charge in [-0.25, -0.2) is 0 Å². The van der Waals surface area contributed by atoms with Gasteiger partial charge in [0.1, 0.15) is 29.5 Å². The molecule has 1 aliphatic heterocycles. The van der Waals surface area contributed by atoms with Crippen molar-refractivity contribution in [2.45, 2.75) is 76.3 Å². The molecule has 0 aromatic heterocycles. The Bertz CT molecular complexity index is 1470. The average molecular weight is 600 g/mol. The first-order valence-electron chi connectivity index (χ1n) is 14.4. The van der Waals surface area contributed by atoms with Gasteiger partial charge < -0.3 is 39.7 Å². The van der Waals surface area contributed by atoms with Crippen LogP contribution in [0.3, 0.4) is 0 Å². The lowest BCUT2D eigenvalue weighted by atomic mass is 9.72. The van der Waals surface area contributed by atoms with E-state index in [1.165, 1.54) is 25.3 Å². The Morgan fingerprint density at radius 3 is 2.40 bits per heavy atom. The van der Waals surface area contributed by atoms with Crippen molar-refractivity contribution in [1.82, 2.24) is 4.90 Å². The molecular weight excluding hydrogens is 562 g/mol. The van der Waals surface area contributed by atoms with Crippen LogP contribution in [-0.4, -0.2) is 105 Å². The number of likely N-dealkylation sites (N-methyl/N-ethyl adjacent to an activating group) is 1. The first-order chi connectivity index (χ1) is 20.4. The fourth-order valence-corrected chi connectivity index (χ4v) is 6.75. The van der Waals surface area contributed by atoms with Gasteiger partial charge in [0, 0.05) is 42.0 Å². The summed E-state index contributed by atoms with van der Waals surface area (Å²) in [7, 11) is 1.34. The molecule has 12 heteroatoms. The number of ketones is 3. The summed E-state index contributed by atoms with van der Waals surface area (Å²) in [6.07, 6.45) is -4.57. The van der Waals surface area contributed by atoms with Crippen molar-refractivity contribution in [2.75, 3.05) is 26.8 Å². The van der Waals surface area contributed by atoms with E-state index in [-0.39, 0.29) is 40.5 Å². The van der Waals surface area contributed by atoms with E-state index in [1.54, 1.807) is 6.92 Å². The van der Waals surface area contributed by atoms with Gasteiger partial charge in [-0.3, -0.25) is 19.3 Å². The van der Waals surface area contributed by atoms with Gasteiger partial charge in [-0.2, -0.15) is 0 Å². The summed E-state index contributed by atoms with van der Waals surface area (Å²) in [4.78, 5) is 42.3. The normalized spacial score (nSPS) is 28.3. The number of aromatic hydroxyl groups is 2. The van der Waals surface area contributed by atoms with Crippen LogP contribution >= 0.6 is 0 Å². The van der Waals surface area contributed by atoms with Gasteiger partial charge in [0.15, 0.2) is 17.9 Å². The van der Waals surface area contributed by atoms with Crippen LogP contribution in [0.4, 0.5) is 0 Å². The van der Waals surface area contributed by atoms with E-state index in [4.69, 9.17) is 14.2 Å². The van der Waals surface area contributed by atoms with Crippen molar-refractivity contribution in [3.05, 3.63) is 51.6 Å². The van der Waals surface area contributed by atoms with Crippen molar-refractivity contribution in [3.63, 3.8) is 0 Å². The number of carbonyl (C=O) groups excluding carboxylic acids is 3. The quantitative estimate of drug-likeness (QED) is 0.235. The van der Waals surface area contributed by atoms with E-state index in [0.29, 0.717) is 13.1 Å². The molecule has 1 saturated heterocycles. The van der Waals surface area contributed by atoms with Crippen molar-refractivity contribution >= 4 is 17.3 Å². The van der Waals surface area contributed by atoms with Gasteiger partial charge >= 0.3 is 0 Å². The van der Waals surface area contributed by atoms with Gasteiger partial charge in [0.05, 0.1) is 42.1 Å². The van der Waals surface area contributed by atoms with E-state index in [9.17, 15) is 39.9 Å². The fourth-order valence-electron chi connectivity index (χ4n) is 6.75. The van der Waals surface area contributed by atoms with Crippen LogP contribution in [0.25, 0.3) is 0 Å². The second-order valence-electron chi connectivity index (χ2n) is 11.3. The molecule has 0 amide bonds. The highest BCUT2D eigenvalue weighted by Crippen LogP contribution is 2.52. The first kappa shape index (κ1) is 31.0. The number of rotatable bonds is 8. The second kappa shape index (κ2) is 11.6. The molecule has 0 bridgehead atoms. The van der Waals surface area contributed by atoms with Gasteiger partial charge in [0.2, 0.25) is 5.78 Å². The molecule has 2 aromatic carbocycles. The lowest BCUT2D eigenvalue weighted by Crippen LogP contribution is -2.55. The number of nitrogens with zero attached hydrogens (tertiary/aromatic N) is 1. The highest BCUT2D eigenvalue weighted by Gasteiger charge is 2.50. The maximum Gasteiger partial charge on any atom is 0.202 e. The minimum Gasteiger partial charge on any atom is -0.507 e. The van der Waals surface area contributed by atoms with E-state index in [0.717, 1.165) is 0 Å². The molecule has 0 spiro atoms. The summed E-state index contributed by atoms with van der Waals surface area (Å²) in [6.45, 7) is 5.90. The predicted octanol–water partition coefficient (Wildman–Crippen LogP) is 1.38. The van der Waals surface area contributed by atoms with Crippen LogP contribution in [-0.2, 0) is 20.7 Å². The van der Waals surface area contributed by atoms with Gasteiger partial charge in [-0.15, -0.1) is 0 Å². The molecule has 1 fully saturated rings. The number of ether oxygens (including phenoxy) is 3. The van der Waals surface area contributed by atoms with E-state index < -0.39 is 89.6 Å². The zero-order chi connectivity index (χ0) is 31.4. The van der Waals surface area contributed by atoms with Crippen LogP contribution in [0, 0.1) is 0 Å². The number of hydrogen-bond donors (Lipinski definition) is 5. The molecule has 3 aliphatic rings. The second-order valence-corrected chi connectivity index (χ2v) is 11.3.